The molecule has 0 aliphatic rings. The number of aliphatic carboxylic acids is 1. The molecule has 33 heavy (non-hydrogen) atoms. The molecule has 1 heterocycles. The van der Waals surface area contributed by atoms with Crippen molar-refractivity contribution in [2.24, 2.45) is 0 Å². The number of aromatic nitrogens is 1. The zero-order chi connectivity index (χ0) is 23.5. The molecule has 0 spiro atoms. The van der Waals surface area contributed by atoms with Crippen LogP contribution in [0.5, 0.6) is 0 Å². The Hall–Kier alpha value is -4.50. The Bertz CT molecular complexity index is 1400. The normalized spacial score (nSPS) is 11.5. The Morgan fingerprint density at radius 3 is 2.27 bits per heavy atom. The second-order valence-electron chi connectivity index (χ2n) is 7.59. The van der Waals surface area contributed by atoms with Crippen LogP contribution in [0, 0.1) is 17.1 Å². The second kappa shape index (κ2) is 8.93. The smallest absolute Gasteiger partial charge is 0.325 e. The van der Waals surface area contributed by atoms with Gasteiger partial charge < -0.3 is 10.4 Å². The number of hydrogen-bond donors (Lipinski definition) is 2. The van der Waals surface area contributed by atoms with Crippen molar-refractivity contribution >= 4 is 28.6 Å². The summed E-state index contributed by atoms with van der Waals surface area (Å²) in [4.78, 5) is 16.0. The largest absolute Gasteiger partial charge is 0.480 e. The summed E-state index contributed by atoms with van der Waals surface area (Å²) in [5.74, 6) is -1.59. The maximum Gasteiger partial charge on any atom is 0.325 e. The molecule has 0 fully saturated rings. The van der Waals surface area contributed by atoms with Gasteiger partial charge in [0, 0.05) is 10.9 Å². The molecule has 0 aliphatic heterocycles. The van der Waals surface area contributed by atoms with Crippen molar-refractivity contribution in [2.75, 3.05) is 5.32 Å². The third-order valence-electron chi connectivity index (χ3n) is 5.43. The van der Waals surface area contributed by atoms with Crippen molar-refractivity contribution in [3.05, 3.63) is 90.3 Å². The zero-order valence-corrected chi connectivity index (χ0v) is 17.8. The van der Waals surface area contributed by atoms with Crippen LogP contribution in [0.3, 0.4) is 0 Å². The molecule has 5 nitrogen and oxygen atoms in total. The van der Waals surface area contributed by atoms with Crippen LogP contribution in [0.2, 0.25) is 0 Å². The highest BCUT2D eigenvalue weighted by Crippen LogP contribution is 2.35. The average Bonchev–Trinajstić information content (AvgIpc) is 2.84. The molecule has 0 saturated heterocycles. The van der Waals surface area contributed by atoms with Crippen molar-refractivity contribution in [2.45, 2.75) is 13.0 Å². The highest BCUT2D eigenvalue weighted by molar-refractivity contribution is 5.99. The van der Waals surface area contributed by atoms with E-state index < -0.39 is 17.8 Å². The quantitative estimate of drug-likeness (QED) is 0.380. The van der Waals surface area contributed by atoms with Gasteiger partial charge in [-0.2, -0.15) is 5.26 Å². The Balaban J connectivity index is 1.84. The lowest BCUT2D eigenvalue weighted by molar-refractivity contribution is -0.137. The third-order valence-corrected chi connectivity index (χ3v) is 5.43. The van der Waals surface area contributed by atoms with Gasteiger partial charge >= 0.3 is 5.97 Å². The number of nitriles is 1. The lowest BCUT2D eigenvalue weighted by atomic mass is 9.98. The Labute approximate surface area is 190 Å². The number of carbonyl (C=O) groups is 1. The molecule has 3 aromatic carbocycles. The monoisotopic (exact) mass is 437 g/mol. The summed E-state index contributed by atoms with van der Waals surface area (Å²) in [6.45, 7) is 5.22. The number of benzene rings is 3. The van der Waals surface area contributed by atoms with Gasteiger partial charge in [0.15, 0.2) is 0 Å². The summed E-state index contributed by atoms with van der Waals surface area (Å²) in [6.07, 6.45) is 1.78. The molecular formula is C27H20FN3O2. The van der Waals surface area contributed by atoms with Gasteiger partial charge in [-0.05, 0) is 41.8 Å². The lowest BCUT2D eigenvalue weighted by Gasteiger charge is -2.17. The fourth-order valence-corrected chi connectivity index (χ4v) is 3.61. The van der Waals surface area contributed by atoms with E-state index >= 15 is 0 Å². The van der Waals surface area contributed by atoms with Crippen molar-refractivity contribution in [1.29, 1.82) is 5.26 Å². The number of carboxylic acid groups (broad SMARTS) is 1. The number of rotatable bonds is 6. The first-order chi connectivity index (χ1) is 15.9. The van der Waals surface area contributed by atoms with E-state index in [0.717, 1.165) is 16.7 Å². The number of pyridine rings is 1. The first kappa shape index (κ1) is 21.7. The molecule has 6 heteroatoms. The molecule has 0 amide bonds. The summed E-state index contributed by atoms with van der Waals surface area (Å²) < 4.78 is 14.0. The molecule has 1 unspecified atom stereocenters. The standard InChI is InChI=1S/C27H20FN3O2/c1-3-17-4-6-18(7-5-17)19-8-10-20(11-9-19)25-23(15-29)26(30-16(2)27(32)33)22-14-21(28)12-13-24(22)31-25/h3-14,16H,1H2,2H3,(H,30,31)(H,32,33). The van der Waals surface area contributed by atoms with Crippen molar-refractivity contribution in [3.8, 4) is 28.5 Å². The number of hydrogen-bond acceptors (Lipinski definition) is 4. The Morgan fingerprint density at radius 1 is 1.09 bits per heavy atom. The summed E-state index contributed by atoms with van der Waals surface area (Å²) >= 11 is 0. The van der Waals surface area contributed by atoms with Crippen LogP contribution in [-0.2, 0) is 4.79 Å². The molecule has 0 aliphatic carbocycles. The predicted molar refractivity (Wildman–Crippen MR) is 128 cm³/mol. The summed E-state index contributed by atoms with van der Waals surface area (Å²) in [5.41, 5.74) is 5.00. The van der Waals surface area contributed by atoms with Gasteiger partial charge in [0.05, 0.1) is 16.9 Å². The van der Waals surface area contributed by atoms with E-state index in [-0.39, 0.29) is 11.3 Å². The molecule has 0 bridgehead atoms. The van der Waals surface area contributed by atoms with Gasteiger partial charge in [-0.3, -0.25) is 4.79 Å². The molecule has 1 atom stereocenters. The van der Waals surface area contributed by atoms with E-state index in [2.05, 4.69) is 22.9 Å². The molecule has 4 rings (SSSR count). The molecule has 162 valence electrons. The average molecular weight is 437 g/mol. The van der Waals surface area contributed by atoms with Gasteiger partial charge in [-0.15, -0.1) is 0 Å². The number of halogens is 1. The van der Waals surface area contributed by atoms with Crippen LogP contribution in [0.15, 0.2) is 73.3 Å². The van der Waals surface area contributed by atoms with Crippen molar-refractivity contribution in [1.82, 2.24) is 4.98 Å². The van der Waals surface area contributed by atoms with Crippen molar-refractivity contribution in [3.63, 3.8) is 0 Å². The first-order valence-corrected chi connectivity index (χ1v) is 10.3. The van der Waals surface area contributed by atoms with Crippen LogP contribution in [-0.4, -0.2) is 22.1 Å². The van der Waals surface area contributed by atoms with Crippen LogP contribution in [0.25, 0.3) is 39.4 Å². The van der Waals surface area contributed by atoms with E-state index in [1.54, 1.807) is 6.08 Å². The minimum Gasteiger partial charge on any atom is -0.480 e. The van der Waals surface area contributed by atoms with E-state index in [0.29, 0.717) is 22.2 Å². The summed E-state index contributed by atoms with van der Waals surface area (Å²) in [5, 5.41) is 22.5. The molecule has 0 radical (unpaired) electrons. The van der Waals surface area contributed by atoms with Gasteiger partial charge in [-0.25, -0.2) is 9.37 Å². The molecule has 1 aromatic heterocycles. The SMILES string of the molecule is C=Cc1ccc(-c2ccc(-c3nc4ccc(F)cc4c(NC(C)C(=O)O)c3C#N)cc2)cc1. The lowest BCUT2D eigenvalue weighted by Crippen LogP contribution is -2.26. The van der Waals surface area contributed by atoms with E-state index in [9.17, 15) is 19.6 Å². The van der Waals surface area contributed by atoms with Gasteiger partial charge in [0.1, 0.15) is 23.5 Å². The molecule has 2 N–H and O–H groups in total. The molecule has 0 saturated carbocycles. The maximum atomic E-state index is 14.0. The van der Waals surface area contributed by atoms with Crippen molar-refractivity contribution < 1.29 is 14.3 Å². The maximum absolute atomic E-state index is 14.0. The number of fused-ring (bicyclic) bond motifs is 1. The van der Waals surface area contributed by atoms with Crippen LogP contribution in [0.4, 0.5) is 10.1 Å². The third kappa shape index (κ3) is 4.30. The molecule has 4 aromatic rings. The van der Waals surface area contributed by atoms with E-state index in [1.807, 2.05) is 48.5 Å². The highest BCUT2D eigenvalue weighted by Gasteiger charge is 2.20. The van der Waals surface area contributed by atoms with Crippen LogP contribution < -0.4 is 5.32 Å². The number of anilines is 1. The second-order valence-corrected chi connectivity index (χ2v) is 7.59. The summed E-state index contributed by atoms with van der Waals surface area (Å²) in [6, 6.07) is 20.8. The Kier molecular flexibility index (Phi) is 5.88. The minimum atomic E-state index is -1.09. The number of nitrogens with zero attached hydrogens (tertiary/aromatic N) is 2. The predicted octanol–water partition coefficient (Wildman–Crippen LogP) is 6.11. The molecular weight excluding hydrogens is 417 g/mol. The zero-order valence-electron chi connectivity index (χ0n) is 17.8. The highest BCUT2D eigenvalue weighted by atomic mass is 19.1. The minimum absolute atomic E-state index is 0.157. The van der Waals surface area contributed by atoms with Gasteiger partial charge in [-0.1, -0.05) is 61.2 Å². The fourth-order valence-electron chi connectivity index (χ4n) is 3.61. The van der Waals surface area contributed by atoms with E-state index in [4.69, 9.17) is 0 Å². The van der Waals surface area contributed by atoms with Crippen LogP contribution >= 0.6 is 0 Å². The number of nitrogens with one attached hydrogen (secondary N) is 1. The Morgan fingerprint density at radius 2 is 1.70 bits per heavy atom. The number of carboxylic acids is 1. The fraction of sp³-hybridized carbons (Fsp3) is 0.0741. The topological polar surface area (TPSA) is 86.0 Å². The van der Waals surface area contributed by atoms with Gasteiger partial charge in [0.2, 0.25) is 0 Å². The van der Waals surface area contributed by atoms with Crippen LogP contribution in [0.1, 0.15) is 18.1 Å². The van der Waals surface area contributed by atoms with E-state index in [1.165, 1.54) is 25.1 Å². The van der Waals surface area contributed by atoms with Gasteiger partial charge in [0.25, 0.3) is 0 Å². The summed E-state index contributed by atoms with van der Waals surface area (Å²) in [7, 11) is 0. The first-order valence-electron chi connectivity index (χ1n) is 10.3.